The highest BCUT2D eigenvalue weighted by atomic mass is 15.2. The highest BCUT2D eigenvalue weighted by Gasteiger charge is 2.27. The number of nitrogens with one attached hydrogen (secondary N) is 1. The van der Waals surface area contributed by atoms with Crippen LogP contribution in [0.4, 0.5) is 11.4 Å². The Bertz CT molecular complexity index is 1030. The van der Waals surface area contributed by atoms with Crippen LogP contribution in [0.25, 0.3) is 10.9 Å². The monoisotopic (exact) mass is 339 g/mol. The zero-order chi connectivity index (χ0) is 17.5. The molecule has 5 rings (SSSR count). The molecule has 3 aromatic carbocycles. The lowest BCUT2D eigenvalue weighted by atomic mass is 9.91. The van der Waals surface area contributed by atoms with Gasteiger partial charge in [0.15, 0.2) is 0 Å². The molecule has 1 aliphatic rings. The van der Waals surface area contributed by atoms with Crippen LogP contribution in [0.1, 0.15) is 22.7 Å². The minimum atomic E-state index is -0.0632. The maximum absolute atomic E-state index is 6.55. The van der Waals surface area contributed by atoms with Crippen molar-refractivity contribution >= 4 is 22.3 Å². The third-order valence-corrected chi connectivity index (χ3v) is 5.40. The Hall–Kier alpha value is -3.04. The summed E-state index contributed by atoms with van der Waals surface area (Å²) in [7, 11) is 0. The quantitative estimate of drug-likeness (QED) is 0.557. The molecule has 0 saturated heterocycles. The number of rotatable bonds is 3. The fraction of sp³-hybridized carbons (Fsp3) is 0.130. The largest absolute Gasteiger partial charge is 0.361 e. The van der Waals surface area contributed by atoms with Crippen molar-refractivity contribution in [3.05, 3.63) is 95.7 Å². The minimum absolute atomic E-state index is 0.0632. The first kappa shape index (κ1) is 15.2. The van der Waals surface area contributed by atoms with Crippen molar-refractivity contribution in [2.45, 2.75) is 12.5 Å². The molecule has 3 heteroatoms. The second-order valence-corrected chi connectivity index (χ2v) is 6.86. The summed E-state index contributed by atoms with van der Waals surface area (Å²) in [5.74, 6) is 0. The molecular formula is C23H21N3. The number of hydrogen-bond donors (Lipinski definition) is 2. The smallest absolute Gasteiger partial charge is 0.0593 e. The molecule has 128 valence electrons. The number of aromatic amines is 1. The molecule has 2 heterocycles. The van der Waals surface area contributed by atoms with Gasteiger partial charge >= 0.3 is 0 Å². The van der Waals surface area contributed by atoms with Crippen LogP contribution < -0.4 is 10.6 Å². The fourth-order valence-corrected chi connectivity index (χ4v) is 4.10. The summed E-state index contributed by atoms with van der Waals surface area (Å²) in [5, 5.41) is 1.31. The SMILES string of the molecule is NC1c2ccccc2N(CCc2c[nH]c3ccccc23)c2ccccc21. The molecular weight excluding hydrogens is 318 g/mol. The lowest BCUT2D eigenvalue weighted by Gasteiger charge is -2.36. The second-order valence-electron chi connectivity index (χ2n) is 6.86. The lowest BCUT2D eigenvalue weighted by molar-refractivity contribution is 0.806. The minimum Gasteiger partial charge on any atom is -0.361 e. The maximum atomic E-state index is 6.55. The Labute approximate surface area is 153 Å². The number of anilines is 2. The summed E-state index contributed by atoms with van der Waals surface area (Å²) >= 11 is 0. The van der Waals surface area contributed by atoms with Gasteiger partial charge in [0.25, 0.3) is 0 Å². The number of fused-ring (bicyclic) bond motifs is 3. The van der Waals surface area contributed by atoms with Crippen LogP contribution in [-0.4, -0.2) is 11.5 Å². The van der Waals surface area contributed by atoms with Crippen LogP contribution >= 0.6 is 0 Å². The van der Waals surface area contributed by atoms with E-state index in [0.29, 0.717) is 0 Å². The molecule has 0 atom stereocenters. The van der Waals surface area contributed by atoms with Crippen LogP contribution in [0.3, 0.4) is 0 Å². The van der Waals surface area contributed by atoms with Gasteiger partial charge in [-0.2, -0.15) is 0 Å². The molecule has 0 aliphatic carbocycles. The van der Waals surface area contributed by atoms with Crippen molar-refractivity contribution in [3.63, 3.8) is 0 Å². The van der Waals surface area contributed by atoms with Crippen LogP contribution in [0.5, 0.6) is 0 Å². The first-order chi connectivity index (χ1) is 12.8. The van der Waals surface area contributed by atoms with Gasteiger partial charge in [-0.15, -0.1) is 0 Å². The van der Waals surface area contributed by atoms with E-state index in [0.717, 1.165) is 13.0 Å². The van der Waals surface area contributed by atoms with Crippen LogP contribution in [0.15, 0.2) is 79.0 Å². The van der Waals surface area contributed by atoms with Gasteiger partial charge in [-0.1, -0.05) is 54.6 Å². The fourth-order valence-electron chi connectivity index (χ4n) is 4.10. The summed E-state index contributed by atoms with van der Waals surface area (Å²) < 4.78 is 0. The van der Waals surface area contributed by atoms with Crippen LogP contribution in [0.2, 0.25) is 0 Å². The molecule has 0 bridgehead atoms. The molecule has 0 radical (unpaired) electrons. The van der Waals surface area contributed by atoms with E-state index in [2.05, 4.69) is 88.9 Å². The number of nitrogens with zero attached hydrogens (tertiary/aromatic N) is 1. The van der Waals surface area contributed by atoms with E-state index in [1.807, 2.05) is 0 Å². The zero-order valence-corrected chi connectivity index (χ0v) is 14.5. The summed E-state index contributed by atoms with van der Waals surface area (Å²) in [5.41, 5.74) is 13.9. The number of aromatic nitrogens is 1. The molecule has 4 aromatic rings. The topological polar surface area (TPSA) is 45.0 Å². The van der Waals surface area contributed by atoms with E-state index in [9.17, 15) is 0 Å². The average Bonchev–Trinajstić information content (AvgIpc) is 3.11. The van der Waals surface area contributed by atoms with Gasteiger partial charge in [-0.05, 0) is 41.3 Å². The maximum Gasteiger partial charge on any atom is 0.0593 e. The van der Waals surface area contributed by atoms with Gasteiger partial charge in [0, 0.05) is 35.0 Å². The van der Waals surface area contributed by atoms with Crippen molar-refractivity contribution in [2.75, 3.05) is 11.4 Å². The number of para-hydroxylation sites is 3. The lowest BCUT2D eigenvalue weighted by Crippen LogP contribution is -2.30. The van der Waals surface area contributed by atoms with Crippen molar-refractivity contribution < 1.29 is 0 Å². The van der Waals surface area contributed by atoms with Gasteiger partial charge in [-0.25, -0.2) is 0 Å². The summed E-state index contributed by atoms with van der Waals surface area (Å²) in [6, 6.07) is 25.4. The van der Waals surface area contributed by atoms with Gasteiger partial charge in [0.1, 0.15) is 0 Å². The van der Waals surface area contributed by atoms with Gasteiger partial charge in [0.05, 0.1) is 6.04 Å². The Morgan fingerprint density at radius 3 is 2.15 bits per heavy atom. The molecule has 0 saturated carbocycles. The van der Waals surface area contributed by atoms with E-state index in [-0.39, 0.29) is 6.04 Å². The Morgan fingerprint density at radius 2 is 1.42 bits per heavy atom. The van der Waals surface area contributed by atoms with Crippen molar-refractivity contribution in [3.8, 4) is 0 Å². The van der Waals surface area contributed by atoms with E-state index < -0.39 is 0 Å². The zero-order valence-electron chi connectivity index (χ0n) is 14.5. The molecule has 1 aromatic heterocycles. The normalized spacial score (nSPS) is 13.7. The first-order valence-electron chi connectivity index (χ1n) is 9.09. The Kier molecular flexibility index (Phi) is 3.54. The number of benzene rings is 3. The van der Waals surface area contributed by atoms with Crippen molar-refractivity contribution in [2.24, 2.45) is 5.73 Å². The molecule has 3 nitrogen and oxygen atoms in total. The molecule has 3 N–H and O–H groups in total. The van der Waals surface area contributed by atoms with Crippen LogP contribution in [0, 0.1) is 0 Å². The molecule has 0 unspecified atom stereocenters. The molecule has 0 amide bonds. The van der Waals surface area contributed by atoms with Crippen molar-refractivity contribution in [1.82, 2.24) is 4.98 Å². The standard InChI is InChI=1S/C23H21N3/c24-23-18-8-2-5-11-21(18)26(22-12-6-3-9-19(22)23)14-13-16-15-25-20-10-4-1-7-17(16)20/h1-12,15,23,25H,13-14,24H2. The van der Waals surface area contributed by atoms with Gasteiger partial charge in [0.2, 0.25) is 0 Å². The Balaban J connectivity index is 1.54. The predicted molar refractivity (Wildman–Crippen MR) is 108 cm³/mol. The highest BCUT2D eigenvalue weighted by Crippen LogP contribution is 2.43. The number of H-pyrrole nitrogens is 1. The first-order valence-corrected chi connectivity index (χ1v) is 9.09. The Morgan fingerprint density at radius 1 is 0.808 bits per heavy atom. The number of nitrogens with two attached hydrogens (primary N) is 1. The van der Waals surface area contributed by atoms with Gasteiger partial charge in [-0.3, -0.25) is 0 Å². The second kappa shape index (κ2) is 6.04. The van der Waals surface area contributed by atoms with E-state index in [4.69, 9.17) is 5.73 Å². The summed E-state index contributed by atoms with van der Waals surface area (Å²) in [4.78, 5) is 5.80. The van der Waals surface area contributed by atoms with E-state index in [1.54, 1.807) is 0 Å². The van der Waals surface area contributed by atoms with Gasteiger partial charge < -0.3 is 15.6 Å². The third-order valence-electron chi connectivity index (χ3n) is 5.40. The van der Waals surface area contributed by atoms with Crippen molar-refractivity contribution in [1.29, 1.82) is 0 Å². The van der Waals surface area contributed by atoms with E-state index in [1.165, 1.54) is 39.0 Å². The molecule has 1 aliphatic heterocycles. The number of hydrogen-bond acceptors (Lipinski definition) is 2. The molecule has 0 fully saturated rings. The molecule has 26 heavy (non-hydrogen) atoms. The summed E-state index contributed by atoms with van der Waals surface area (Å²) in [6.45, 7) is 0.919. The third kappa shape index (κ3) is 2.32. The average molecular weight is 339 g/mol. The van der Waals surface area contributed by atoms with Crippen LogP contribution in [-0.2, 0) is 6.42 Å². The molecule has 0 spiro atoms. The highest BCUT2D eigenvalue weighted by molar-refractivity contribution is 5.83. The summed E-state index contributed by atoms with van der Waals surface area (Å²) in [6.07, 6.45) is 3.11. The predicted octanol–water partition coefficient (Wildman–Crippen LogP) is 4.91. The van der Waals surface area contributed by atoms with E-state index >= 15 is 0 Å².